The Morgan fingerprint density at radius 1 is 0.870 bits per heavy atom. The van der Waals surface area contributed by atoms with Crippen molar-refractivity contribution in [3.63, 3.8) is 0 Å². The molecule has 0 spiro atoms. The molecule has 0 heterocycles. The molecule has 0 aliphatic carbocycles. The van der Waals surface area contributed by atoms with Crippen molar-refractivity contribution in [2.75, 3.05) is 0 Å². The van der Waals surface area contributed by atoms with Crippen molar-refractivity contribution >= 4 is 0 Å². The van der Waals surface area contributed by atoms with Crippen molar-refractivity contribution in [1.82, 2.24) is 0 Å². The van der Waals surface area contributed by atoms with Crippen molar-refractivity contribution in [2.45, 2.75) is 58.3 Å². The van der Waals surface area contributed by atoms with Gasteiger partial charge < -0.3 is 10.2 Å². The zero-order valence-corrected chi connectivity index (χ0v) is 14.2. The molecule has 0 bridgehead atoms. The molecule has 0 saturated carbocycles. The van der Waals surface area contributed by atoms with E-state index in [-0.39, 0.29) is 11.5 Å². The molecule has 0 aliphatic rings. The maximum Gasteiger partial charge on any atom is 0.160 e. The molecule has 0 aromatic heterocycles. The molecule has 2 N–H and O–H groups in total. The van der Waals surface area contributed by atoms with Crippen molar-refractivity contribution < 1.29 is 10.2 Å². The summed E-state index contributed by atoms with van der Waals surface area (Å²) >= 11 is 0. The summed E-state index contributed by atoms with van der Waals surface area (Å²) in [6, 6.07) is 5.18. The Hall–Kier alpha value is -1.96. The van der Waals surface area contributed by atoms with E-state index in [0.717, 1.165) is 31.2 Å². The number of hydrogen-bond acceptors (Lipinski definition) is 2. The summed E-state index contributed by atoms with van der Waals surface area (Å²) in [6.45, 7) is 2.02. The third-order valence-corrected chi connectivity index (χ3v) is 3.79. The number of unbranched alkanes of at least 4 members (excludes halogenated alkanes) is 5. The quantitative estimate of drug-likeness (QED) is 0.225. The van der Waals surface area contributed by atoms with Gasteiger partial charge in [-0.25, -0.2) is 0 Å². The predicted octanol–water partition coefficient (Wildman–Crippen LogP) is 6.06. The second-order valence-corrected chi connectivity index (χ2v) is 5.75. The fourth-order valence-electron chi connectivity index (χ4n) is 2.45. The van der Waals surface area contributed by atoms with Crippen LogP contribution in [0.3, 0.4) is 0 Å². The molecule has 2 nitrogen and oxygen atoms in total. The normalized spacial score (nSPS) is 12.0. The monoisotopic (exact) mass is 314 g/mol. The van der Waals surface area contributed by atoms with E-state index in [4.69, 9.17) is 0 Å². The third-order valence-electron chi connectivity index (χ3n) is 3.79. The molecule has 0 amide bonds. The van der Waals surface area contributed by atoms with E-state index < -0.39 is 0 Å². The first-order valence-corrected chi connectivity index (χ1v) is 8.68. The lowest BCUT2D eigenvalue weighted by atomic mass is 10.0. The van der Waals surface area contributed by atoms with E-state index in [1.807, 2.05) is 25.1 Å². The lowest BCUT2D eigenvalue weighted by Gasteiger charge is -2.05. The Morgan fingerprint density at radius 3 is 2.48 bits per heavy atom. The smallest absolute Gasteiger partial charge is 0.160 e. The predicted molar refractivity (Wildman–Crippen MR) is 98.9 cm³/mol. The van der Waals surface area contributed by atoms with Crippen LogP contribution in [-0.4, -0.2) is 10.2 Å². The van der Waals surface area contributed by atoms with Gasteiger partial charge >= 0.3 is 0 Å². The minimum absolute atomic E-state index is 0.0187. The van der Waals surface area contributed by atoms with Gasteiger partial charge in [-0.1, -0.05) is 67.9 Å². The summed E-state index contributed by atoms with van der Waals surface area (Å²) in [6.07, 6.45) is 21.8. The van der Waals surface area contributed by atoms with Gasteiger partial charge in [0.25, 0.3) is 0 Å². The zero-order valence-electron chi connectivity index (χ0n) is 14.2. The first kappa shape index (κ1) is 19.1. The van der Waals surface area contributed by atoms with Crippen molar-refractivity contribution in [3.05, 3.63) is 60.2 Å². The zero-order chi connectivity index (χ0) is 16.8. The number of para-hydroxylation sites is 1. The van der Waals surface area contributed by atoms with Crippen molar-refractivity contribution in [2.24, 2.45) is 0 Å². The van der Waals surface area contributed by atoms with Gasteiger partial charge in [0.2, 0.25) is 0 Å². The van der Waals surface area contributed by atoms with Crippen LogP contribution in [0.15, 0.2) is 54.7 Å². The van der Waals surface area contributed by atoms with Gasteiger partial charge in [-0.05, 0) is 50.7 Å². The number of phenols is 2. The molecule has 0 unspecified atom stereocenters. The summed E-state index contributed by atoms with van der Waals surface area (Å²) in [4.78, 5) is 0. The Balaban J connectivity index is 1.99. The summed E-state index contributed by atoms with van der Waals surface area (Å²) in [5.41, 5.74) is 0.846. The molecule has 0 fully saturated rings. The molecular weight excluding hydrogens is 284 g/mol. The van der Waals surface area contributed by atoms with Gasteiger partial charge in [0, 0.05) is 0 Å². The number of benzene rings is 1. The number of rotatable bonds is 11. The number of aromatic hydroxyl groups is 2. The Labute approximate surface area is 140 Å². The topological polar surface area (TPSA) is 40.5 Å². The molecule has 0 aliphatic heterocycles. The van der Waals surface area contributed by atoms with Gasteiger partial charge in [0.15, 0.2) is 11.5 Å². The highest BCUT2D eigenvalue weighted by atomic mass is 16.3. The molecule has 23 heavy (non-hydrogen) atoms. The average molecular weight is 314 g/mol. The van der Waals surface area contributed by atoms with Crippen LogP contribution in [0, 0.1) is 0 Å². The standard InChI is InChI=1S/C21H30O2/c1-2-3-4-5-6-7-8-9-10-11-12-13-14-16-19-17-15-18-20(22)21(19)23/h2-5,7-8,15,17-18,22-23H,6,9-14,16H2,1H3/b3-2-,5-4-,8-7-. The van der Waals surface area contributed by atoms with E-state index in [2.05, 4.69) is 24.3 Å². The SMILES string of the molecule is C/C=C\C=C/C/C=C\CCCCCCCc1cccc(O)c1O. The molecule has 0 radical (unpaired) electrons. The summed E-state index contributed by atoms with van der Waals surface area (Å²) in [5, 5.41) is 19.2. The summed E-state index contributed by atoms with van der Waals surface area (Å²) < 4.78 is 0. The highest BCUT2D eigenvalue weighted by Crippen LogP contribution is 2.29. The van der Waals surface area contributed by atoms with E-state index in [1.54, 1.807) is 6.07 Å². The second kappa shape index (κ2) is 12.6. The largest absolute Gasteiger partial charge is 0.504 e. The van der Waals surface area contributed by atoms with Crippen LogP contribution in [0.4, 0.5) is 0 Å². The van der Waals surface area contributed by atoms with Crippen LogP contribution in [0.25, 0.3) is 0 Å². The van der Waals surface area contributed by atoms with Crippen LogP contribution in [0.2, 0.25) is 0 Å². The maximum atomic E-state index is 9.72. The first-order valence-electron chi connectivity index (χ1n) is 8.68. The summed E-state index contributed by atoms with van der Waals surface area (Å²) in [5.74, 6) is 0.0240. The highest BCUT2D eigenvalue weighted by Gasteiger charge is 2.04. The maximum absolute atomic E-state index is 9.72. The fraction of sp³-hybridized carbons (Fsp3) is 0.429. The number of hydrogen-bond donors (Lipinski definition) is 2. The Bertz CT molecular complexity index is 513. The molecule has 0 saturated heterocycles. The lowest BCUT2D eigenvalue weighted by molar-refractivity contribution is 0.398. The van der Waals surface area contributed by atoms with E-state index in [9.17, 15) is 10.2 Å². The minimum Gasteiger partial charge on any atom is -0.504 e. The highest BCUT2D eigenvalue weighted by molar-refractivity contribution is 5.44. The second-order valence-electron chi connectivity index (χ2n) is 5.75. The van der Waals surface area contributed by atoms with Gasteiger partial charge in [-0.15, -0.1) is 0 Å². The molecule has 1 aromatic rings. The van der Waals surface area contributed by atoms with Gasteiger partial charge in [0.05, 0.1) is 0 Å². The number of phenolic OH excluding ortho intramolecular Hbond substituents is 2. The van der Waals surface area contributed by atoms with Crippen LogP contribution in [-0.2, 0) is 6.42 Å². The van der Waals surface area contributed by atoms with E-state index in [1.165, 1.54) is 31.7 Å². The van der Waals surface area contributed by atoms with Crippen molar-refractivity contribution in [1.29, 1.82) is 0 Å². The Kier molecular flexibility index (Phi) is 10.4. The van der Waals surface area contributed by atoms with Crippen LogP contribution < -0.4 is 0 Å². The van der Waals surface area contributed by atoms with E-state index in [0.29, 0.717) is 0 Å². The fourth-order valence-corrected chi connectivity index (χ4v) is 2.45. The number of allylic oxidation sites excluding steroid dienone is 6. The molecule has 126 valence electrons. The van der Waals surface area contributed by atoms with Crippen LogP contribution in [0.1, 0.15) is 57.4 Å². The molecule has 0 atom stereocenters. The average Bonchev–Trinajstić information content (AvgIpc) is 2.55. The molecule has 2 heteroatoms. The molecule has 1 rings (SSSR count). The van der Waals surface area contributed by atoms with E-state index >= 15 is 0 Å². The van der Waals surface area contributed by atoms with Crippen LogP contribution >= 0.6 is 0 Å². The van der Waals surface area contributed by atoms with Crippen molar-refractivity contribution in [3.8, 4) is 11.5 Å². The lowest BCUT2D eigenvalue weighted by Crippen LogP contribution is -1.87. The number of aryl methyl sites for hydroxylation is 1. The summed E-state index contributed by atoms with van der Waals surface area (Å²) in [7, 11) is 0. The van der Waals surface area contributed by atoms with Gasteiger partial charge in [-0.3, -0.25) is 0 Å². The van der Waals surface area contributed by atoms with Gasteiger partial charge in [-0.2, -0.15) is 0 Å². The first-order chi connectivity index (χ1) is 11.3. The molecule has 1 aromatic carbocycles. The molecular formula is C21H30O2. The third kappa shape index (κ3) is 8.92. The van der Waals surface area contributed by atoms with Gasteiger partial charge in [0.1, 0.15) is 0 Å². The Morgan fingerprint density at radius 2 is 1.65 bits per heavy atom. The minimum atomic E-state index is -0.0187. The van der Waals surface area contributed by atoms with Crippen LogP contribution in [0.5, 0.6) is 11.5 Å².